The molecular formula is C14H25NO3. The molecule has 104 valence electrons. The van der Waals surface area contributed by atoms with Gasteiger partial charge in [0.1, 0.15) is 0 Å². The molecule has 18 heavy (non-hydrogen) atoms. The third-order valence-corrected chi connectivity index (χ3v) is 3.91. The Morgan fingerprint density at radius 3 is 2.44 bits per heavy atom. The normalized spacial score (nSPS) is 29.9. The zero-order chi connectivity index (χ0) is 13.0. The molecule has 1 saturated heterocycles. The first-order valence-electron chi connectivity index (χ1n) is 7.20. The molecular weight excluding hydrogens is 230 g/mol. The van der Waals surface area contributed by atoms with Crippen LogP contribution in [0.2, 0.25) is 0 Å². The fourth-order valence-electron chi connectivity index (χ4n) is 2.80. The molecule has 0 aromatic rings. The van der Waals surface area contributed by atoms with Crippen LogP contribution in [-0.4, -0.2) is 49.3 Å². The minimum atomic E-state index is -0.107. The van der Waals surface area contributed by atoms with Crippen molar-refractivity contribution < 1.29 is 14.3 Å². The number of carbonyl (C=O) groups excluding carboxylic acids is 1. The molecule has 1 heterocycles. The molecule has 0 amide bonds. The van der Waals surface area contributed by atoms with Crippen molar-refractivity contribution in [3.63, 3.8) is 0 Å². The van der Waals surface area contributed by atoms with Crippen LogP contribution in [-0.2, 0) is 14.3 Å². The largest absolute Gasteiger partial charge is 0.465 e. The Bertz CT molecular complexity index is 268. The van der Waals surface area contributed by atoms with Crippen LogP contribution in [0.15, 0.2) is 0 Å². The number of hydrogen-bond acceptors (Lipinski definition) is 4. The number of hydrogen-bond donors (Lipinski definition) is 0. The first kappa shape index (κ1) is 13.8. The molecule has 1 aliphatic carbocycles. The molecule has 1 aliphatic heterocycles. The van der Waals surface area contributed by atoms with Crippen LogP contribution in [0.5, 0.6) is 0 Å². The Hall–Kier alpha value is -0.610. The van der Waals surface area contributed by atoms with Crippen LogP contribution in [0.25, 0.3) is 0 Å². The minimum Gasteiger partial charge on any atom is -0.465 e. The summed E-state index contributed by atoms with van der Waals surface area (Å²) in [4.78, 5) is 13.5. The van der Waals surface area contributed by atoms with Gasteiger partial charge in [-0.05, 0) is 38.5 Å². The summed E-state index contributed by atoms with van der Waals surface area (Å²) in [6.07, 6.45) is 5.45. The Kier molecular flexibility index (Phi) is 5.01. The van der Waals surface area contributed by atoms with E-state index in [9.17, 15) is 4.79 Å². The molecule has 0 atom stereocenters. The molecule has 4 nitrogen and oxygen atoms in total. The van der Waals surface area contributed by atoms with Crippen molar-refractivity contribution in [1.82, 2.24) is 4.90 Å². The van der Waals surface area contributed by atoms with Gasteiger partial charge >= 0.3 is 5.97 Å². The zero-order valence-electron chi connectivity index (χ0n) is 11.6. The maximum atomic E-state index is 11.4. The average molecular weight is 255 g/mol. The molecule has 0 aromatic carbocycles. The molecule has 0 N–H and O–H groups in total. The second kappa shape index (κ2) is 6.53. The fraction of sp³-hybridized carbons (Fsp3) is 0.929. The molecule has 0 bridgehead atoms. The molecule has 1 saturated carbocycles. The van der Waals surface area contributed by atoms with Crippen LogP contribution in [0.1, 0.15) is 39.5 Å². The highest BCUT2D eigenvalue weighted by atomic mass is 16.5. The van der Waals surface area contributed by atoms with Crippen molar-refractivity contribution in [2.75, 3.05) is 26.2 Å². The summed E-state index contributed by atoms with van der Waals surface area (Å²) in [6, 6.07) is 0. The lowest BCUT2D eigenvalue weighted by Gasteiger charge is -2.38. The highest BCUT2D eigenvalue weighted by Crippen LogP contribution is 2.31. The van der Waals surface area contributed by atoms with Crippen molar-refractivity contribution >= 4 is 5.97 Å². The molecule has 2 rings (SSSR count). The van der Waals surface area contributed by atoms with Gasteiger partial charge in [-0.25, -0.2) is 0 Å². The van der Waals surface area contributed by atoms with E-state index in [-0.39, 0.29) is 5.97 Å². The molecule has 4 heteroatoms. The summed E-state index contributed by atoms with van der Waals surface area (Å²) < 4.78 is 11.0. The highest BCUT2D eigenvalue weighted by molar-refractivity contribution is 5.71. The van der Waals surface area contributed by atoms with Gasteiger partial charge in [-0.2, -0.15) is 0 Å². The van der Waals surface area contributed by atoms with Gasteiger partial charge in [0, 0.05) is 13.1 Å². The molecule has 0 radical (unpaired) electrons. The SMILES string of the molecule is CCOC(=O)CN1CCC(O[C@H]2C[C@H](C)C2)CC1. The minimum absolute atomic E-state index is 0.107. The van der Waals surface area contributed by atoms with Gasteiger partial charge in [0.2, 0.25) is 0 Å². The van der Waals surface area contributed by atoms with Gasteiger partial charge < -0.3 is 9.47 Å². The molecule has 2 fully saturated rings. The van der Waals surface area contributed by atoms with Gasteiger partial charge in [0.25, 0.3) is 0 Å². The predicted molar refractivity (Wildman–Crippen MR) is 69.4 cm³/mol. The maximum Gasteiger partial charge on any atom is 0.320 e. The lowest BCUT2D eigenvalue weighted by molar-refractivity contribution is -0.145. The second-order valence-corrected chi connectivity index (χ2v) is 5.62. The lowest BCUT2D eigenvalue weighted by atomic mass is 9.84. The van der Waals surface area contributed by atoms with Crippen molar-refractivity contribution in [2.24, 2.45) is 5.92 Å². The second-order valence-electron chi connectivity index (χ2n) is 5.62. The fourth-order valence-corrected chi connectivity index (χ4v) is 2.80. The quantitative estimate of drug-likeness (QED) is 0.703. The molecule has 2 aliphatic rings. The van der Waals surface area contributed by atoms with Crippen molar-refractivity contribution in [1.29, 1.82) is 0 Å². The third kappa shape index (κ3) is 3.95. The maximum absolute atomic E-state index is 11.4. The van der Waals surface area contributed by atoms with Gasteiger partial charge in [-0.15, -0.1) is 0 Å². The Balaban J connectivity index is 1.60. The monoisotopic (exact) mass is 255 g/mol. The van der Waals surface area contributed by atoms with E-state index in [4.69, 9.17) is 9.47 Å². The van der Waals surface area contributed by atoms with Gasteiger partial charge in [-0.3, -0.25) is 9.69 Å². The van der Waals surface area contributed by atoms with Gasteiger partial charge in [0.15, 0.2) is 0 Å². The first-order valence-corrected chi connectivity index (χ1v) is 7.20. The van der Waals surface area contributed by atoms with Gasteiger partial charge in [0.05, 0.1) is 25.4 Å². The van der Waals surface area contributed by atoms with Gasteiger partial charge in [-0.1, -0.05) is 6.92 Å². The van der Waals surface area contributed by atoms with E-state index in [1.165, 1.54) is 12.8 Å². The van der Waals surface area contributed by atoms with Crippen LogP contribution in [0, 0.1) is 5.92 Å². The summed E-state index contributed by atoms with van der Waals surface area (Å²) in [5.41, 5.74) is 0. The van der Waals surface area contributed by atoms with Crippen LogP contribution in [0.3, 0.4) is 0 Å². The first-order chi connectivity index (χ1) is 8.67. The lowest BCUT2D eigenvalue weighted by Crippen LogP contribution is -2.42. The average Bonchev–Trinajstić information content (AvgIpc) is 2.30. The topological polar surface area (TPSA) is 38.8 Å². The van der Waals surface area contributed by atoms with E-state index in [1.807, 2.05) is 6.92 Å². The number of esters is 1. The van der Waals surface area contributed by atoms with Crippen molar-refractivity contribution in [3.05, 3.63) is 0 Å². The number of likely N-dealkylation sites (tertiary alicyclic amines) is 1. The smallest absolute Gasteiger partial charge is 0.320 e. The molecule has 0 unspecified atom stereocenters. The summed E-state index contributed by atoms with van der Waals surface area (Å²) in [6.45, 7) is 6.93. The third-order valence-electron chi connectivity index (χ3n) is 3.91. The molecule has 0 spiro atoms. The summed E-state index contributed by atoms with van der Waals surface area (Å²) in [5, 5.41) is 0. The summed E-state index contributed by atoms with van der Waals surface area (Å²) >= 11 is 0. The van der Waals surface area contributed by atoms with E-state index in [0.29, 0.717) is 25.4 Å². The van der Waals surface area contributed by atoms with E-state index >= 15 is 0 Å². The number of carbonyl (C=O) groups is 1. The van der Waals surface area contributed by atoms with E-state index in [0.717, 1.165) is 31.8 Å². The molecule has 0 aromatic heterocycles. The zero-order valence-corrected chi connectivity index (χ0v) is 11.6. The van der Waals surface area contributed by atoms with E-state index in [1.54, 1.807) is 0 Å². The van der Waals surface area contributed by atoms with Crippen molar-refractivity contribution in [2.45, 2.75) is 51.7 Å². The Morgan fingerprint density at radius 2 is 1.89 bits per heavy atom. The van der Waals surface area contributed by atoms with E-state index < -0.39 is 0 Å². The summed E-state index contributed by atoms with van der Waals surface area (Å²) in [5.74, 6) is 0.739. The number of piperidine rings is 1. The van der Waals surface area contributed by atoms with E-state index in [2.05, 4.69) is 11.8 Å². The number of nitrogens with zero attached hydrogens (tertiary/aromatic N) is 1. The van der Waals surface area contributed by atoms with Crippen LogP contribution in [0.4, 0.5) is 0 Å². The Labute approximate surface area is 110 Å². The van der Waals surface area contributed by atoms with Crippen molar-refractivity contribution in [3.8, 4) is 0 Å². The number of rotatable bonds is 5. The van der Waals surface area contributed by atoms with Crippen LogP contribution < -0.4 is 0 Å². The highest BCUT2D eigenvalue weighted by Gasteiger charge is 2.30. The Morgan fingerprint density at radius 1 is 1.22 bits per heavy atom. The predicted octanol–water partition coefficient (Wildman–Crippen LogP) is 1.83. The number of ether oxygens (including phenoxy) is 2. The van der Waals surface area contributed by atoms with Crippen LogP contribution >= 0.6 is 0 Å². The standard InChI is InChI=1S/C14H25NO3/c1-3-17-14(16)10-15-6-4-12(5-7-15)18-13-8-11(2)9-13/h11-13H,3-10H2,1-2H3/t11-,13-. The summed E-state index contributed by atoms with van der Waals surface area (Å²) in [7, 11) is 0.